The summed E-state index contributed by atoms with van der Waals surface area (Å²) in [6.45, 7) is 9.14. The molecule has 0 spiro atoms. The van der Waals surface area contributed by atoms with Gasteiger partial charge in [0.2, 0.25) is 0 Å². The predicted molar refractivity (Wildman–Crippen MR) is 84.6 cm³/mol. The van der Waals surface area contributed by atoms with Crippen molar-refractivity contribution in [3.63, 3.8) is 0 Å². The summed E-state index contributed by atoms with van der Waals surface area (Å²) in [5, 5.41) is 0. The quantitative estimate of drug-likeness (QED) is 0.831. The first-order valence-corrected chi connectivity index (χ1v) is 7.48. The van der Waals surface area contributed by atoms with Crippen LogP contribution in [0, 0.1) is 13.8 Å². The molecule has 1 fully saturated rings. The van der Waals surface area contributed by atoms with Crippen molar-refractivity contribution in [3.8, 4) is 0 Å². The topological polar surface area (TPSA) is 88.5 Å². The fraction of sp³-hybridized carbons (Fsp3) is 0.600. The maximum Gasteiger partial charge on any atom is 0.252 e. The van der Waals surface area contributed by atoms with Crippen LogP contribution in [0.5, 0.6) is 0 Å². The van der Waals surface area contributed by atoms with Gasteiger partial charge >= 0.3 is 0 Å². The van der Waals surface area contributed by atoms with Crippen molar-refractivity contribution in [2.45, 2.75) is 20.3 Å². The van der Waals surface area contributed by atoms with E-state index in [1.807, 2.05) is 19.9 Å². The summed E-state index contributed by atoms with van der Waals surface area (Å²) in [7, 11) is 0. The molecule has 1 aromatic heterocycles. The molecule has 6 heteroatoms. The summed E-state index contributed by atoms with van der Waals surface area (Å²) in [5.74, 6) is 0.327. The lowest BCUT2D eigenvalue weighted by Crippen LogP contribution is -2.35. The van der Waals surface area contributed by atoms with Crippen LogP contribution in [0.4, 0.5) is 5.82 Å². The monoisotopic (exact) mass is 291 g/mol. The highest BCUT2D eigenvalue weighted by atomic mass is 16.1. The Hall–Kier alpha value is -1.66. The standard InChI is InChI=1S/C15H25N5O/c1-11-10-12(2)18-15(13(11)14(17)21)20-6-3-5-19(7-4-16)8-9-20/h10H,3-9,16H2,1-2H3,(H2,17,21). The molecule has 0 unspecified atom stereocenters. The highest BCUT2D eigenvalue weighted by Crippen LogP contribution is 2.23. The maximum absolute atomic E-state index is 11.8. The Morgan fingerprint density at radius 2 is 2.05 bits per heavy atom. The number of hydrogen-bond acceptors (Lipinski definition) is 5. The highest BCUT2D eigenvalue weighted by molar-refractivity contribution is 5.99. The molecule has 116 valence electrons. The average Bonchev–Trinajstić information content (AvgIpc) is 2.63. The Kier molecular flexibility index (Phi) is 5.14. The minimum atomic E-state index is -0.405. The van der Waals surface area contributed by atoms with Crippen molar-refractivity contribution in [1.82, 2.24) is 9.88 Å². The number of pyridine rings is 1. The molecule has 1 aliphatic heterocycles. The fourth-order valence-corrected chi connectivity index (χ4v) is 2.94. The maximum atomic E-state index is 11.8. The van der Waals surface area contributed by atoms with Gasteiger partial charge in [0.05, 0.1) is 5.56 Å². The number of carbonyl (C=O) groups excluding carboxylic acids is 1. The van der Waals surface area contributed by atoms with Gasteiger partial charge in [0.1, 0.15) is 5.82 Å². The molecule has 1 amide bonds. The molecule has 0 aromatic carbocycles. The fourth-order valence-electron chi connectivity index (χ4n) is 2.94. The number of nitrogens with two attached hydrogens (primary N) is 2. The second kappa shape index (κ2) is 6.87. The third-order valence-electron chi connectivity index (χ3n) is 3.91. The number of amides is 1. The van der Waals surface area contributed by atoms with Crippen molar-refractivity contribution >= 4 is 11.7 Å². The van der Waals surface area contributed by atoms with Gasteiger partial charge in [-0.25, -0.2) is 4.98 Å². The van der Waals surface area contributed by atoms with E-state index in [1.165, 1.54) is 0 Å². The van der Waals surface area contributed by atoms with Gasteiger partial charge in [-0.1, -0.05) is 0 Å². The molecule has 0 atom stereocenters. The first-order valence-electron chi connectivity index (χ1n) is 7.48. The van der Waals surface area contributed by atoms with Crippen LogP contribution in [-0.4, -0.2) is 55.1 Å². The number of aryl methyl sites for hydroxylation is 2. The van der Waals surface area contributed by atoms with Gasteiger partial charge in [0, 0.05) is 38.4 Å². The second-order valence-corrected chi connectivity index (χ2v) is 5.61. The van der Waals surface area contributed by atoms with E-state index in [9.17, 15) is 4.79 Å². The summed E-state index contributed by atoms with van der Waals surface area (Å²) in [4.78, 5) is 20.9. The Balaban J connectivity index is 2.27. The third kappa shape index (κ3) is 3.71. The number of hydrogen-bond donors (Lipinski definition) is 2. The molecule has 2 heterocycles. The first-order chi connectivity index (χ1) is 10.0. The first kappa shape index (κ1) is 15.7. The molecular weight excluding hydrogens is 266 g/mol. The molecule has 1 aliphatic rings. The number of nitrogens with zero attached hydrogens (tertiary/aromatic N) is 3. The van der Waals surface area contributed by atoms with Crippen molar-refractivity contribution in [1.29, 1.82) is 0 Å². The highest BCUT2D eigenvalue weighted by Gasteiger charge is 2.22. The van der Waals surface area contributed by atoms with Crippen LogP contribution in [0.25, 0.3) is 0 Å². The number of primary amides is 1. The number of rotatable bonds is 4. The molecular formula is C15H25N5O. The number of aromatic nitrogens is 1. The van der Waals surface area contributed by atoms with Gasteiger partial charge < -0.3 is 21.3 Å². The molecule has 4 N–H and O–H groups in total. The summed E-state index contributed by atoms with van der Waals surface area (Å²) < 4.78 is 0. The van der Waals surface area contributed by atoms with E-state index >= 15 is 0 Å². The zero-order valence-electron chi connectivity index (χ0n) is 12.9. The van der Waals surface area contributed by atoms with Gasteiger partial charge in [-0.3, -0.25) is 4.79 Å². The van der Waals surface area contributed by atoms with Crippen LogP contribution in [0.15, 0.2) is 6.07 Å². The van der Waals surface area contributed by atoms with Gasteiger partial charge in [-0.2, -0.15) is 0 Å². The Labute approximate surface area is 126 Å². The Morgan fingerprint density at radius 3 is 2.71 bits per heavy atom. The van der Waals surface area contributed by atoms with Crippen LogP contribution in [0.2, 0.25) is 0 Å². The summed E-state index contributed by atoms with van der Waals surface area (Å²) in [6, 6.07) is 1.90. The summed E-state index contributed by atoms with van der Waals surface area (Å²) in [6.07, 6.45) is 1.03. The largest absolute Gasteiger partial charge is 0.365 e. The van der Waals surface area contributed by atoms with E-state index in [1.54, 1.807) is 0 Å². The minimum absolute atomic E-state index is 0.405. The molecule has 21 heavy (non-hydrogen) atoms. The Bertz CT molecular complexity index is 517. The van der Waals surface area contributed by atoms with Gasteiger partial charge in [-0.15, -0.1) is 0 Å². The SMILES string of the molecule is Cc1cc(C)c(C(N)=O)c(N2CCCN(CCN)CC2)n1. The molecule has 0 bridgehead atoms. The van der Waals surface area contributed by atoms with Gasteiger partial charge in [-0.05, 0) is 38.4 Å². The molecule has 1 saturated heterocycles. The van der Waals surface area contributed by atoms with Crippen LogP contribution in [-0.2, 0) is 0 Å². The molecule has 0 aliphatic carbocycles. The molecule has 0 saturated carbocycles. The van der Waals surface area contributed by atoms with Crippen LogP contribution < -0.4 is 16.4 Å². The lowest BCUT2D eigenvalue weighted by molar-refractivity contribution is 0.1000. The smallest absolute Gasteiger partial charge is 0.252 e. The van der Waals surface area contributed by atoms with Crippen LogP contribution in [0.1, 0.15) is 28.0 Å². The Morgan fingerprint density at radius 1 is 1.29 bits per heavy atom. The van der Waals surface area contributed by atoms with Crippen molar-refractivity contribution in [3.05, 3.63) is 22.9 Å². The molecule has 2 rings (SSSR count). The van der Waals surface area contributed by atoms with Crippen molar-refractivity contribution in [2.75, 3.05) is 44.2 Å². The normalized spacial score (nSPS) is 16.8. The number of carbonyl (C=O) groups is 1. The lowest BCUT2D eigenvalue weighted by atomic mass is 10.1. The molecule has 1 aromatic rings. The van der Waals surface area contributed by atoms with Gasteiger partial charge in [0.25, 0.3) is 5.91 Å². The summed E-state index contributed by atoms with van der Waals surface area (Å²) in [5.41, 5.74) is 13.5. The van der Waals surface area contributed by atoms with E-state index < -0.39 is 5.91 Å². The van der Waals surface area contributed by atoms with E-state index in [2.05, 4.69) is 14.8 Å². The van der Waals surface area contributed by atoms with E-state index in [-0.39, 0.29) is 0 Å². The van der Waals surface area contributed by atoms with Gasteiger partial charge in [0.15, 0.2) is 0 Å². The van der Waals surface area contributed by atoms with Crippen LogP contribution >= 0.6 is 0 Å². The minimum Gasteiger partial charge on any atom is -0.365 e. The van der Waals surface area contributed by atoms with E-state index in [0.29, 0.717) is 12.1 Å². The zero-order chi connectivity index (χ0) is 15.4. The molecule has 6 nitrogen and oxygen atoms in total. The third-order valence-corrected chi connectivity index (χ3v) is 3.91. The van der Waals surface area contributed by atoms with E-state index in [0.717, 1.165) is 56.2 Å². The average molecular weight is 291 g/mol. The van der Waals surface area contributed by atoms with E-state index in [4.69, 9.17) is 11.5 Å². The summed E-state index contributed by atoms with van der Waals surface area (Å²) >= 11 is 0. The van der Waals surface area contributed by atoms with Crippen molar-refractivity contribution in [2.24, 2.45) is 11.5 Å². The number of anilines is 1. The zero-order valence-corrected chi connectivity index (χ0v) is 12.9. The van der Waals surface area contributed by atoms with Crippen LogP contribution in [0.3, 0.4) is 0 Å². The lowest BCUT2D eigenvalue weighted by Gasteiger charge is -2.25. The predicted octanol–water partition coefficient (Wildman–Crippen LogP) is 0.268. The van der Waals surface area contributed by atoms with Crippen molar-refractivity contribution < 1.29 is 4.79 Å². The second-order valence-electron chi connectivity index (χ2n) is 5.61. The molecule has 0 radical (unpaired) electrons.